The highest BCUT2D eigenvalue weighted by Gasteiger charge is 2.26. The molecule has 0 spiro atoms. The van der Waals surface area contributed by atoms with Crippen LogP contribution in [0.2, 0.25) is 0 Å². The number of aromatic nitrogens is 1. The molecule has 0 aliphatic heterocycles. The van der Waals surface area contributed by atoms with E-state index in [1.54, 1.807) is 13.3 Å². The second-order valence-electron chi connectivity index (χ2n) is 6.51. The van der Waals surface area contributed by atoms with E-state index in [4.69, 9.17) is 15.9 Å². The Balaban J connectivity index is 2.05. The van der Waals surface area contributed by atoms with E-state index in [2.05, 4.69) is 48.3 Å². The maximum atomic E-state index is 7.98. The second-order valence-corrected chi connectivity index (χ2v) is 6.51. The second kappa shape index (κ2) is 6.30. The lowest BCUT2D eigenvalue weighted by atomic mass is 9.91. The Kier molecular flexibility index (Phi) is 3.96. The van der Waals surface area contributed by atoms with Gasteiger partial charge in [-0.05, 0) is 52.3 Å². The number of aryl methyl sites for hydroxylation is 1. The molecule has 0 saturated carbocycles. The quantitative estimate of drug-likeness (QED) is 0.431. The van der Waals surface area contributed by atoms with E-state index in [0.717, 1.165) is 24.0 Å². The number of fused-ring (bicyclic) bond motifs is 3. The lowest BCUT2D eigenvalue weighted by Crippen LogP contribution is -2.15. The number of nitrogens with one attached hydrogen (secondary N) is 1. The van der Waals surface area contributed by atoms with Crippen molar-refractivity contribution in [2.75, 3.05) is 7.11 Å². The van der Waals surface area contributed by atoms with Gasteiger partial charge in [0.15, 0.2) is 0 Å². The first-order valence-corrected chi connectivity index (χ1v) is 8.75. The van der Waals surface area contributed by atoms with Gasteiger partial charge in [0.2, 0.25) is 0 Å². The maximum absolute atomic E-state index is 7.98. The molecule has 0 unspecified atom stereocenters. The average molecular weight is 343 g/mol. The van der Waals surface area contributed by atoms with E-state index < -0.39 is 0 Å². The molecule has 1 aliphatic rings. The first-order valence-electron chi connectivity index (χ1n) is 8.75. The number of pyridine rings is 1. The van der Waals surface area contributed by atoms with E-state index in [-0.39, 0.29) is 5.84 Å². The summed E-state index contributed by atoms with van der Waals surface area (Å²) in [4.78, 5) is 4.36. The molecule has 0 radical (unpaired) electrons. The Morgan fingerprint density at radius 3 is 2.65 bits per heavy atom. The molecule has 3 N–H and O–H groups in total. The van der Waals surface area contributed by atoms with Crippen LogP contribution in [-0.4, -0.2) is 17.9 Å². The van der Waals surface area contributed by atoms with Gasteiger partial charge >= 0.3 is 0 Å². The fraction of sp³-hybridized carbons (Fsp3) is 0.182. The van der Waals surface area contributed by atoms with E-state index in [1.807, 2.05) is 6.07 Å². The molecular formula is C22H21N3O. The summed E-state index contributed by atoms with van der Waals surface area (Å²) in [6, 6.07) is 14.8. The number of rotatable bonds is 4. The van der Waals surface area contributed by atoms with Crippen molar-refractivity contribution in [3.05, 3.63) is 71.0 Å². The number of nitrogens with two attached hydrogens (primary N) is 1. The molecule has 26 heavy (non-hydrogen) atoms. The number of hydrogen-bond acceptors (Lipinski definition) is 3. The predicted octanol–water partition coefficient (Wildman–Crippen LogP) is 4.17. The molecular weight excluding hydrogens is 322 g/mol. The van der Waals surface area contributed by atoms with Gasteiger partial charge in [-0.2, -0.15) is 0 Å². The predicted molar refractivity (Wildman–Crippen MR) is 105 cm³/mol. The Morgan fingerprint density at radius 1 is 1.15 bits per heavy atom. The van der Waals surface area contributed by atoms with Crippen LogP contribution >= 0.6 is 0 Å². The largest absolute Gasteiger partial charge is 0.496 e. The summed E-state index contributed by atoms with van der Waals surface area (Å²) in [5.41, 5.74) is 14.5. The molecule has 0 amide bonds. The van der Waals surface area contributed by atoms with Crippen molar-refractivity contribution < 1.29 is 4.74 Å². The van der Waals surface area contributed by atoms with Crippen molar-refractivity contribution in [2.24, 2.45) is 5.73 Å². The summed E-state index contributed by atoms with van der Waals surface area (Å²) in [6.07, 6.45) is 3.43. The van der Waals surface area contributed by atoms with Crippen molar-refractivity contribution in [2.45, 2.75) is 19.8 Å². The summed E-state index contributed by atoms with van der Waals surface area (Å²) < 4.78 is 5.61. The van der Waals surface area contributed by atoms with Crippen molar-refractivity contribution in [3.8, 4) is 28.0 Å². The zero-order valence-electron chi connectivity index (χ0n) is 15.0. The highest BCUT2D eigenvalue weighted by Crippen LogP contribution is 2.45. The first kappa shape index (κ1) is 16.3. The SMILES string of the molecule is CCc1cc2c(c(-c3c(OC)ccnc3C(=N)N)c1)Cc1ccccc1-2. The van der Waals surface area contributed by atoms with Gasteiger partial charge in [0.25, 0.3) is 0 Å². The molecule has 4 nitrogen and oxygen atoms in total. The van der Waals surface area contributed by atoms with Crippen LogP contribution in [0.25, 0.3) is 22.3 Å². The minimum atomic E-state index is -0.0509. The van der Waals surface area contributed by atoms with Gasteiger partial charge in [-0.3, -0.25) is 10.4 Å². The number of nitrogens with zero attached hydrogens (tertiary/aromatic N) is 1. The fourth-order valence-electron chi connectivity index (χ4n) is 3.80. The molecule has 4 heteroatoms. The highest BCUT2D eigenvalue weighted by molar-refractivity contribution is 6.02. The number of hydrogen-bond donors (Lipinski definition) is 2. The van der Waals surface area contributed by atoms with Crippen LogP contribution in [0.5, 0.6) is 5.75 Å². The average Bonchev–Trinajstić information content (AvgIpc) is 3.05. The zero-order valence-corrected chi connectivity index (χ0v) is 15.0. The summed E-state index contributed by atoms with van der Waals surface area (Å²) >= 11 is 0. The molecule has 0 saturated heterocycles. The molecule has 130 valence electrons. The van der Waals surface area contributed by atoms with Gasteiger partial charge in [0, 0.05) is 6.20 Å². The van der Waals surface area contributed by atoms with Gasteiger partial charge in [0.05, 0.1) is 12.7 Å². The van der Waals surface area contributed by atoms with Crippen LogP contribution in [0.3, 0.4) is 0 Å². The molecule has 4 rings (SSSR count). The summed E-state index contributed by atoms with van der Waals surface area (Å²) in [5, 5.41) is 7.98. The monoisotopic (exact) mass is 343 g/mol. The van der Waals surface area contributed by atoms with Gasteiger partial charge in [-0.1, -0.05) is 43.3 Å². The van der Waals surface area contributed by atoms with Crippen LogP contribution < -0.4 is 10.5 Å². The van der Waals surface area contributed by atoms with E-state index >= 15 is 0 Å². The number of amidine groups is 1. The molecule has 1 aromatic heterocycles. The van der Waals surface area contributed by atoms with Crippen LogP contribution in [0, 0.1) is 5.41 Å². The molecule has 1 aliphatic carbocycles. The zero-order chi connectivity index (χ0) is 18.3. The summed E-state index contributed by atoms with van der Waals surface area (Å²) in [5.74, 6) is 0.640. The Morgan fingerprint density at radius 2 is 1.92 bits per heavy atom. The third-order valence-electron chi connectivity index (χ3n) is 5.05. The fourth-order valence-corrected chi connectivity index (χ4v) is 3.80. The van der Waals surface area contributed by atoms with Crippen molar-refractivity contribution in [1.29, 1.82) is 5.41 Å². The number of benzene rings is 2. The number of nitrogen functional groups attached to an aromatic ring is 1. The third kappa shape index (κ3) is 2.46. The van der Waals surface area contributed by atoms with Gasteiger partial charge in [0.1, 0.15) is 17.3 Å². The van der Waals surface area contributed by atoms with Crippen LogP contribution in [-0.2, 0) is 12.8 Å². The standard InChI is InChI=1S/C22H21N3O/c1-3-13-10-16-15-7-5-4-6-14(15)12-17(16)18(11-13)20-19(26-2)8-9-25-21(20)22(23)24/h4-11H,3,12H2,1-2H3,(H3,23,24). The Labute approximate surface area is 153 Å². The summed E-state index contributed by atoms with van der Waals surface area (Å²) in [6.45, 7) is 2.15. The molecule has 0 bridgehead atoms. The normalized spacial score (nSPS) is 11.8. The topological polar surface area (TPSA) is 72.0 Å². The Bertz CT molecular complexity index is 1020. The van der Waals surface area contributed by atoms with Gasteiger partial charge < -0.3 is 10.5 Å². The molecule has 1 heterocycles. The molecule has 0 fully saturated rings. The van der Waals surface area contributed by atoms with Gasteiger partial charge in [-0.15, -0.1) is 0 Å². The number of methoxy groups -OCH3 is 1. The Hall–Kier alpha value is -3.14. The van der Waals surface area contributed by atoms with E-state index in [0.29, 0.717) is 11.4 Å². The van der Waals surface area contributed by atoms with Crippen molar-refractivity contribution in [1.82, 2.24) is 4.98 Å². The lowest BCUT2D eigenvalue weighted by Gasteiger charge is -2.17. The van der Waals surface area contributed by atoms with Crippen molar-refractivity contribution >= 4 is 5.84 Å². The van der Waals surface area contributed by atoms with Gasteiger partial charge in [-0.25, -0.2) is 0 Å². The molecule has 0 atom stereocenters. The van der Waals surface area contributed by atoms with E-state index in [1.165, 1.54) is 27.8 Å². The molecule has 3 aromatic rings. The van der Waals surface area contributed by atoms with Crippen LogP contribution in [0.4, 0.5) is 0 Å². The van der Waals surface area contributed by atoms with E-state index in [9.17, 15) is 0 Å². The third-order valence-corrected chi connectivity index (χ3v) is 5.05. The maximum Gasteiger partial charge on any atom is 0.142 e. The first-order chi connectivity index (χ1) is 12.6. The minimum Gasteiger partial charge on any atom is -0.496 e. The smallest absolute Gasteiger partial charge is 0.142 e. The number of ether oxygens (including phenoxy) is 1. The van der Waals surface area contributed by atoms with Crippen LogP contribution in [0.1, 0.15) is 29.3 Å². The lowest BCUT2D eigenvalue weighted by molar-refractivity contribution is 0.416. The minimum absolute atomic E-state index is 0.0509. The summed E-state index contributed by atoms with van der Waals surface area (Å²) in [7, 11) is 1.64. The van der Waals surface area contributed by atoms with Crippen LogP contribution in [0.15, 0.2) is 48.7 Å². The van der Waals surface area contributed by atoms with Crippen molar-refractivity contribution in [3.63, 3.8) is 0 Å². The molecule has 2 aromatic carbocycles. The highest BCUT2D eigenvalue weighted by atomic mass is 16.5.